The molecule has 0 radical (unpaired) electrons. The average molecular weight is 216 g/mol. The Morgan fingerprint density at radius 1 is 1.38 bits per heavy atom. The highest BCUT2D eigenvalue weighted by molar-refractivity contribution is 5.86. The second-order valence-electron chi connectivity index (χ2n) is 3.65. The Bertz CT molecular complexity index is 503. The van der Waals surface area contributed by atoms with Crippen molar-refractivity contribution in [2.75, 3.05) is 0 Å². The summed E-state index contributed by atoms with van der Waals surface area (Å²) in [7, 11) is 0. The SMILES string of the molecule is Cc1cn(Cc2ccccc2)nc1C(=O)O. The van der Waals surface area contributed by atoms with E-state index in [1.54, 1.807) is 17.8 Å². The maximum Gasteiger partial charge on any atom is 0.356 e. The summed E-state index contributed by atoms with van der Waals surface area (Å²) in [6.07, 6.45) is 1.75. The lowest BCUT2D eigenvalue weighted by molar-refractivity contribution is 0.0688. The van der Waals surface area contributed by atoms with Crippen LogP contribution in [0.3, 0.4) is 0 Å². The van der Waals surface area contributed by atoms with Gasteiger partial charge in [-0.1, -0.05) is 30.3 Å². The first-order valence-electron chi connectivity index (χ1n) is 4.98. The van der Waals surface area contributed by atoms with E-state index >= 15 is 0 Å². The molecular formula is C12H12N2O2. The van der Waals surface area contributed by atoms with Crippen molar-refractivity contribution in [2.45, 2.75) is 13.5 Å². The molecule has 0 aliphatic heterocycles. The molecule has 0 saturated heterocycles. The topological polar surface area (TPSA) is 55.1 Å². The number of carboxylic acid groups (broad SMARTS) is 1. The predicted octanol–water partition coefficient (Wildman–Crippen LogP) is 1.94. The molecule has 0 bridgehead atoms. The maximum atomic E-state index is 10.8. The van der Waals surface area contributed by atoms with E-state index in [9.17, 15) is 4.79 Å². The minimum Gasteiger partial charge on any atom is -0.476 e. The van der Waals surface area contributed by atoms with Crippen molar-refractivity contribution in [1.29, 1.82) is 0 Å². The summed E-state index contributed by atoms with van der Waals surface area (Å²) >= 11 is 0. The van der Waals surface area contributed by atoms with Gasteiger partial charge in [0.1, 0.15) is 0 Å². The Morgan fingerprint density at radius 2 is 2.06 bits per heavy atom. The number of nitrogens with zero attached hydrogens (tertiary/aromatic N) is 2. The van der Waals surface area contributed by atoms with Crippen LogP contribution in [0.25, 0.3) is 0 Å². The first-order chi connectivity index (χ1) is 7.66. The molecule has 0 fully saturated rings. The van der Waals surface area contributed by atoms with Crippen LogP contribution in [0.2, 0.25) is 0 Å². The number of carboxylic acids is 1. The van der Waals surface area contributed by atoms with Gasteiger partial charge in [-0.05, 0) is 12.5 Å². The van der Waals surface area contributed by atoms with E-state index in [2.05, 4.69) is 5.10 Å². The van der Waals surface area contributed by atoms with Crippen molar-refractivity contribution in [2.24, 2.45) is 0 Å². The van der Waals surface area contributed by atoms with Crippen LogP contribution in [0.15, 0.2) is 36.5 Å². The van der Waals surface area contributed by atoms with E-state index in [0.717, 1.165) is 5.56 Å². The highest BCUT2D eigenvalue weighted by Crippen LogP contribution is 2.07. The fourth-order valence-corrected chi connectivity index (χ4v) is 1.58. The van der Waals surface area contributed by atoms with E-state index in [1.807, 2.05) is 30.3 Å². The summed E-state index contributed by atoms with van der Waals surface area (Å²) in [5, 5.41) is 12.9. The molecule has 1 N–H and O–H groups in total. The van der Waals surface area contributed by atoms with Crippen molar-refractivity contribution in [3.63, 3.8) is 0 Å². The van der Waals surface area contributed by atoms with Gasteiger partial charge in [0.05, 0.1) is 6.54 Å². The van der Waals surface area contributed by atoms with Crippen LogP contribution in [0.5, 0.6) is 0 Å². The number of carbonyl (C=O) groups is 1. The van der Waals surface area contributed by atoms with Gasteiger partial charge in [0.15, 0.2) is 5.69 Å². The van der Waals surface area contributed by atoms with Crippen LogP contribution < -0.4 is 0 Å². The minimum atomic E-state index is -0.982. The standard InChI is InChI=1S/C12H12N2O2/c1-9-7-14(13-11(9)12(15)16)8-10-5-3-2-4-6-10/h2-7H,8H2,1H3,(H,15,16). The van der Waals surface area contributed by atoms with Gasteiger partial charge in [0.25, 0.3) is 0 Å². The number of aromatic nitrogens is 2. The van der Waals surface area contributed by atoms with E-state index < -0.39 is 5.97 Å². The molecular weight excluding hydrogens is 204 g/mol. The molecule has 4 nitrogen and oxygen atoms in total. The summed E-state index contributed by atoms with van der Waals surface area (Å²) < 4.78 is 1.65. The van der Waals surface area contributed by atoms with Crippen LogP contribution in [0, 0.1) is 6.92 Å². The zero-order chi connectivity index (χ0) is 11.5. The van der Waals surface area contributed by atoms with Gasteiger partial charge in [-0.25, -0.2) is 4.79 Å². The van der Waals surface area contributed by atoms with Gasteiger partial charge in [-0.15, -0.1) is 0 Å². The fraction of sp³-hybridized carbons (Fsp3) is 0.167. The highest BCUT2D eigenvalue weighted by atomic mass is 16.4. The smallest absolute Gasteiger partial charge is 0.356 e. The van der Waals surface area contributed by atoms with Crippen LogP contribution in [0.1, 0.15) is 21.6 Å². The van der Waals surface area contributed by atoms with Gasteiger partial charge in [0.2, 0.25) is 0 Å². The summed E-state index contributed by atoms with van der Waals surface area (Å²) in [5.41, 5.74) is 1.90. The molecule has 0 aliphatic rings. The number of rotatable bonds is 3. The minimum absolute atomic E-state index is 0.121. The van der Waals surface area contributed by atoms with Crippen molar-refractivity contribution in [3.05, 3.63) is 53.3 Å². The molecule has 82 valence electrons. The first-order valence-corrected chi connectivity index (χ1v) is 4.98. The number of benzene rings is 1. The zero-order valence-corrected chi connectivity index (χ0v) is 8.92. The average Bonchev–Trinajstić information content (AvgIpc) is 2.61. The third kappa shape index (κ3) is 2.11. The van der Waals surface area contributed by atoms with Crippen LogP contribution >= 0.6 is 0 Å². The number of hydrogen-bond donors (Lipinski definition) is 1. The lowest BCUT2D eigenvalue weighted by atomic mass is 10.2. The van der Waals surface area contributed by atoms with E-state index in [-0.39, 0.29) is 5.69 Å². The van der Waals surface area contributed by atoms with Crippen LogP contribution in [-0.4, -0.2) is 20.9 Å². The van der Waals surface area contributed by atoms with Gasteiger partial charge < -0.3 is 5.11 Å². The molecule has 0 aliphatic carbocycles. The summed E-state index contributed by atoms with van der Waals surface area (Å²) in [6, 6.07) is 9.81. The third-order valence-electron chi connectivity index (χ3n) is 2.33. The third-order valence-corrected chi connectivity index (χ3v) is 2.33. The van der Waals surface area contributed by atoms with Gasteiger partial charge >= 0.3 is 5.97 Å². The molecule has 1 aromatic heterocycles. The summed E-state index contributed by atoms with van der Waals surface area (Å²) in [6.45, 7) is 2.34. The Hall–Kier alpha value is -2.10. The van der Waals surface area contributed by atoms with Gasteiger partial charge in [0, 0.05) is 11.8 Å². The molecule has 0 unspecified atom stereocenters. The molecule has 0 atom stereocenters. The molecule has 2 rings (SSSR count). The summed E-state index contributed by atoms with van der Waals surface area (Å²) in [5.74, 6) is -0.982. The molecule has 2 aromatic rings. The predicted molar refractivity (Wildman–Crippen MR) is 59.5 cm³/mol. The quantitative estimate of drug-likeness (QED) is 0.853. The highest BCUT2D eigenvalue weighted by Gasteiger charge is 2.11. The lowest BCUT2D eigenvalue weighted by Crippen LogP contribution is -2.04. The van der Waals surface area contributed by atoms with Crippen molar-refractivity contribution in [1.82, 2.24) is 9.78 Å². The van der Waals surface area contributed by atoms with Gasteiger partial charge in [-0.3, -0.25) is 4.68 Å². The maximum absolute atomic E-state index is 10.8. The number of hydrogen-bond acceptors (Lipinski definition) is 2. The fourth-order valence-electron chi connectivity index (χ4n) is 1.58. The monoisotopic (exact) mass is 216 g/mol. The molecule has 1 aromatic carbocycles. The molecule has 16 heavy (non-hydrogen) atoms. The lowest BCUT2D eigenvalue weighted by Gasteiger charge is -2.00. The van der Waals surface area contributed by atoms with Crippen LogP contribution in [-0.2, 0) is 6.54 Å². The normalized spacial score (nSPS) is 10.3. The largest absolute Gasteiger partial charge is 0.476 e. The van der Waals surface area contributed by atoms with E-state index in [0.29, 0.717) is 12.1 Å². The van der Waals surface area contributed by atoms with Crippen molar-refractivity contribution in [3.8, 4) is 0 Å². The number of aromatic carboxylic acids is 1. The second-order valence-corrected chi connectivity index (χ2v) is 3.65. The van der Waals surface area contributed by atoms with Gasteiger partial charge in [-0.2, -0.15) is 5.10 Å². The van der Waals surface area contributed by atoms with Crippen molar-refractivity contribution >= 4 is 5.97 Å². The molecule has 0 amide bonds. The Kier molecular flexibility index (Phi) is 2.72. The molecule has 0 saturated carbocycles. The molecule has 0 spiro atoms. The molecule has 1 heterocycles. The zero-order valence-electron chi connectivity index (χ0n) is 8.92. The second kappa shape index (κ2) is 4.18. The number of aryl methyl sites for hydroxylation is 1. The van der Waals surface area contributed by atoms with Crippen LogP contribution in [0.4, 0.5) is 0 Å². The molecule has 4 heteroatoms. The van der Waals surface area contributed by atoms with Crippen molar-refractivity contribution < 1.29 is 9.90 Å². The van der Waals surface area contributed by atoms with E-state index in [4.69, 9.17) is 5.11 Å². The Balaban J connectivity index is 2.23. The van der Waals surface area contributed by atoms with E-state index in [1.165, 1.54) is 0 Å². The Labute approximate surface area is 93.1 Å². The Morgan fingerprint density at radius 3 is 2.62 bits per heavy atom. The first kappa shape index (κ1) is 10.4. The summed E-state index contributed by atoms with van der Waals surface area (Å²) in [4.78, 5) is 10.8.